The summed E-state index contributed by atoms with van der Waals surface area (Å²) >= 11 is 0.204. The molecular weight excluding hydrogens is 671 g/mol. The Bertz CT molecular complexity index is 1750. The van der Waals surface area contributed by atoms with E-state index in [1.165, 1.54) is 18.0 Å². The number of methoxy groups -OCH3 is 1. The fourth-order valence-electron chi connectivity index (χ4n) is 4.98. The molecule has 0 aliphatic carbocycles. The third-order valence-electron chi connectivity index (χ3n) is 6.90. The van der Waals surface area contributed by atoms with Crippen LogP contribution in [0.2, 0.25) is 0 Å². The maximum atomic E-state index is 15.7. The van der Waals surface area contributed by atoms with E-state index in [1.807, 2.05) is 4.98 Å². The Balaban J connectivity index is 0.00000230. The van der Waals surface area contributed by atoms with Gasteiger partial charge in [-0.3, -0.25) is 28.0 Å². The lowest BCUT2D eigenvalue weighted by Gasteiger charge is -2.32. The molecule has 10 atom stereocenters. The van der Waals surface area contributed by atoms with Gasteiger partial charge in [0.2, 0.25) is 0 Å². The Kier molecular flexibility index (Phi) is 10.4. The minimum atomic E-state index is -5.37. The number of halogens is 1. The number of aromatic nitrogens is 6. The minimum Gasteiger partial charge on any atom is -0.770 e. The maximum absolute atomic E-state index is 15.7. The van der Waals surface area contributed by atoms with Crippen molar-refractivity contribution in [3.8, 4) is 0 Å². The van der Waals surface area contributed by atoms with Gasteiger partial charge in [-0.15, -0.1) is 0 Å². The molecule has 25 heteroatoms. The van der Waals surface area contributed by atoms with Crippen molar-refractivity contribution in [2.24, 2.45) is 0 Å². The summed E-state index contributed by atoms with van der Waals surface area (Å²) < 4.78 is 76.2. The number of hydrogen-bond donors (Lipinski definition) is 4. The molecule has 0 spiro atoms. The van der Waals surface area contributed by atoms with E-state index in [9.17, 15) is 28.5 Å². The molecule has 0 aromatic carbocycles. The number of hydrogen-bond acceptors (Lipinski definition) is 17. The van der Waals surface area contributed by atoms with Crippen molar-refractivity contribution in [1.82, 2.24) is 41.4 Å². The molecule has 3 aliphatic rings. The predicted octanol–water partition coefficient (Wildman–Crippen LogP) is -0.670. The summed E-state index contributed by atoms with van der Waals surface area (Å²) in [4.78, 5) is 64.0. The summed E-state index contributed by atoms with van der Waals surface area (Å²) in [5, 5.41) is 0. The first-order chi connectivity index (χ1) is 20.4. The van der Waals surface area contributed by atoms with Gasteiger partial charge >= 0.3 is 5.69 Å². The van der Waals surface area contributed by atoms with Gasteiger partial charge < -0.3 is 55.6 Å². The van der Waals surface area contributed by atoms with E-state index < -0.39 is 87.4 Å². The smallest absolute Gasteiger partial charge is 0.330 e. The molecule has 0 radical (unpaired) electrons. The average molecular weight is 702 g/mol. The topological polar surface area (TPSA) is 333 Å². The standard InChI is InChI=1S/C20H24FN7O12P2S.2H3N/c1-35-15-13-8(37-19(15)27-3-2-10(29)26-20(27)30)4-36-41(31,32)39-14-11(21)9(5-43-42(33,34)40-13)38-18(14)28-7-25-12-16(22)23-6-24-17(12)28;;/h2-3,6-9,11,13-15,18-19H,4-5H2,1H3,(H,31,32)(H,33,34)(H2,22,23,24)(H,26,29,30);2*1H3/t8-,9-,11-,13-,14-,15-,18-,19-;;/m1../s1. The lowest BCUT2D eigenvalue weighted by Crippen LogP contribution is -2.40. The zero-order chi connectivity index (χ0) is 30.7. The van der Waals surface area contributed by atoms with Crippen molar-refractivity contribution in [3.63, 3.8) is 0 Å². The highest BCUT2D eigenvalue weighted by molar-refractivity contribution is 8.54. The van der Waals surface area contributed by atoms with Crippen LogP contribution in [0.25, 0.3) is 11.2 Å². The number of aromatic amines is 1. The van der Waals surface area contributed by atoms with E-state index in [4.69, 9.17) is 33.5 Å². The molecule has 6 rings (SSSR count). The average Bonchev–Trinajstić information content (AvgIpc) is 3.60. The van der Waals surface area contributed by atoms with Crippen LogP contribution in [0.4, 0.5) is 10.2 Å². The molecule has 3 saturated heterocycles. The predicted molar refractivity (Wildman–Crippen MR) is 150 cm³/mol. The number of nitrogens with zero attached hydrogens (tertiary/aromatic N) is 5. The number of quaternary nitrogens is 2. The largest absolute Gasteiger partial charge is 0.770 e. The van der Waals surface area contributed by atoms with E-state index in [2.05, 4.69) is 15.0 Å². The molecule has 3 aliphatic heterocycles. The van der Waals surface area contributed by atoms with Gasteiger partial charge in [-0.05, 0) is 0 Å². The van der Waals surface area contributed by atoms with Crippen LogP contribution in [0.5, 0.6) is 0 Å². The SMILES string of the molecule is CO[C@@H]1[C@@H]2OP(=O)([O-])SC[C@H]3O[C@@H](n4cnc5c(N)ncnc54)[C@H](OP(=O)([O-])OC[C@H]2O[C@H]1n1ccc(=O)[nH]c1=O)[C@@H]3F.[NH4+].[NH4+]. The summed E-state index contributed by atoms with van der Waals surface area (Å²) in [5.41, 5.74) is 4.39. The van der Waals surface area contributed by atoms with Gasteiger partial charge in [0.15, 0.2) is 36.9 Å². The number of anilines is 1. The van der Waals surface area contributed by atoms with Crippen molar-refractivity contribution >= 4 is 43.0 Å². The highest BCUT2D eigenvalue weighted by Crippen LogP contribution is 2.57. The number of phosphoric ester groups is 1. The molecule has 45 heavy (non-hydrogen) atoms. The molecule has 11 N–H and O–H groups in total. The van der Waals surface area contributed by atoms with Crippen molar-refractivity contribution in [3.05, 3.63) is 45.8 Å². The van der Waals surface area contributed by atoms with Gasteiger partial charge in [0.05, 0.1) is 12.9 Å². The number of nitrogens with one attached hydrogen (secondary N) is 1. The van der Waals surface area contributed by atoms with Gasteiger partial charge in [-0.1, -0.05) is 11.4 Å². The van der Waals surface area contributed by atoms with E-state index in [-0.39, 0.29) is 40.7 Å². The lowest BCUT2D eigenvalue weighted by atomic mass is 10.1. The van der Waals surface area contributed by atoms with E-state index in [0.717, 1.165) is 23.2 Å². The summed E-state index contributed by atoms with van der Waals surface area (Å²) in [6.07, 6.45) is -9.37. The molecule has 2 unspecified atom stereocenters. The molecule has 0 amide bonds. The van der Waals surface area contributed by atoms with E-state index in [1.54, 1.807) is 0 Å². The summed E-state index contributed by atoms with van der Waals surface area (Å²) in [6, 6.07) is 1.01. The number of fused-ring (bicyclic) bond motifs is 4. The maximum Gasteiger partial charge on any atom is 0.330 e. The molecule has 3 aromatic rings. The Labute approximate surface area is 255 Å². The second-order valence-electron chi connectivity index (χ2n) is 9.50. The molecule has 250 valence electrons. The van der Waals surface area contributed by atoms with Crippen molar-refractivity contribution in [1.29, 1.82) is 0 Å². The highest BCUT2D eigenvalue weighted by atomic mass is 32.7. The molecule has 3 fully saturated rings. The van der Waals surface area contributed by atoms with Crippen molar-refractivity contribution < 1.29 is 51.1 Å². The fourth-order valence-corrected chi connectivity index (χ4v) is 8.57. The first-order valence-corrected chi connectivity index (χ1v) is 17.0. The Morgan fingerprint density at radius 2 is 1.82 bits per heavy atom. The van der Waals surface area contributed by atoms with Crippen LogP contribution in [0.15, 0.2) is 34.5 Å². The number of H-pyrrole nitrogens is 1. The summed E-state index contributed by atoms with van der Waals surface area (Å²) in [5.74, 6) is -0.555. The van der Waals surface area contributed by atoms with E-state index in [0.29, 0.717) is 0 Å². The lowest BCUT2D eigenvalue weighted by molar-refractivity contribution is -0.236. The van der Waals surface area contributed by atoms with Crippen LogP contribution in [-0.2, 0) is 36.9 Å². The highest BCUT2D eigenvalue weighted by Gasteiger charge is 2.52. The number of nitrogens with two attached hydrogens (primary N) is 1. The number of rotatable bonds is 3. The van der Waals surface area contributed by atoms with Crippen LogP contribution in [0.1, 0.15) is 12.5 Å². The van der Waals surface area contributed by atoms with Gasteiger partial charge in [0, 0.05) is 25.1 Å². The molecule has 3 aromatic heterocycles. The second-order valence-corrected chi connectivity index (χ2v) is 14.7. The Morgan fingerprint density at radius 3 is 2.53 bits per heavy atom. The van der Waals surface area contributed by atoms with Crippen LogP contribution < -0.4 is 39.1 Å². The number of imidazole rings is 1. The second kappa shape index (κ2) is 13.2. The summed E-state index contributed by atoms with van der Waals surface area (Å²) in [6.45, 7) is -5.80. The third kappa shape index (κ3) is 6.76. The van der Waals surface area contributed by atoms with Crippen LogP contribution in [-0.4, -0.2) is 85.2 Å². The monoisotopic (exact) mass is 701 g/mol. The van der Waals surface area contributed by atoms with Gasteiger partial charge in [0.25, 0.3) is 13.4 Å². The quantitative estimate of drug-likeness (QED) is 0.246. The molecule has 2 bridgehead atoms. The minimum absolute atomic E-state index is 0. The first kappa shape index (κ1) is 35.2. The number of alkyl halides is 1. The molecular formula is C20H30FN9O12P2S. The van der Waals surface area contributed by atoms with Crippen LogP contribution >= 0.6 is 26.0 Å². The van der Waals surface area contributed by atoms with Crippen LogP contribution in [0, 0.1) is 0 Å². The van der Waals surface area contributed by atoms with Gasteiger partial charge in [0.1, 0.15) is 42.4 Å². The van der Waals surface area contributed by atoms with Gasteiger partial charge in [-0.2, -0.15) is 0 Å². The fraction of sp³-hybridized carbons (Fsp3) is 0.550. The Morgan fingerprint density at radius 1 is 1.09 bits per heavy atom. The van der Waals surface area contributed by atoms with E-state index >= 15 is 4.39 Å². The van der Waals surface area contributed by atoms with Crippen molar-refractivity contribution in [2.75, 3.05) is 25.2 Å². The summed E-state index contributed by atoms with van der Waals surface area (Å²) in [7, 11) is -4.19. The van der Waals surface area contributed by atoms with Gasteiger partial charge in [-0.25, -0.2) is 24.1 Å². The van der Waals surface area contributed by atoms with Crippen molar-refractivity contribution in [2.45, 2.75) is 49.1 Å². The number of ether oxygens (including phenoxy) is 3. The third-order valence-corrected chi connectivity index (χ3v) is 10.8. The molecule has 21 nitrogen and oxygen atoms in total. The van der Waals surface area contributed by atoms with Crippen LogP contribution in [0.3, 0.4) is 0 Å². The first-order valence-electron chi connectivity index (χ1n) is 12.4. The molecule has 6 heterocycles. The Hall–Kier alpha value is -2.63. The number of phosphoric acid groups is 1. The molecule has 0 saturated carbocycles. The number of nitrogen functional groups attached to an aromatic ring is 1. The normalized spacial score (nSPS) is 37.0. The zero-order valence-electron chi connectivity index (χ0n) is 23.7. The zero-order valence-corrected chi connectivity index (χ0v) is 26.3.